The predicted octanol–water partition coefficient (Wildman–Crippen LogP) is 1.95. The lowest BCUT2D eigenvalue weighted by molar-refractivity contribution is 0.0640. The van der Waals surface area contributed by atoms with Gasteiger partial charge in [0, 0.05) is 25.6 Å². The van der Waals surface area contributed by atoms with Crippen molar-refractivity contribution < 1.29 is 9.15 Å². The first-order chi connectivity index (χ1) is 8.67. The quantitative estimate of drug-likeness (QED) is 0.870. The van der Waals surface area contributed by atoms with E-state index in [0.717, 1.165) is 31.0 Å². The molecule has 0 radical (unpaired) electrons. The van der Waals surface area contributed by atoms with Gasteiger partial charge in [0.15, 0.2) is 0 Å². The molecule has 2 N–H and O–H groups in total. The van der Waals surface area contributed by atoms with E-state index < -0.39 is 0 Å². The molecule has 0 aromatic carbocycles. The second-order valence-corrected chi connectivity index (χ2v) is 5.01. The van der Waals surface area contributed by atoms with E-state index in [1.165, 1.54) is 0 Å². The standard InChI is InChI=1S/C14H24N2O2/c1-4-11-5-6-14(18-11)13(9-15)16(3)12-7-8-17-10(12)2/h5-6,10,12-13H,4,7-9,15H2,1-3H3. The highest BCUT2D eigenvalue weighted by Gasteiger charge is 2.32. The second kappa shape index (κ2) is 5.87. The zero-order valence-electron chi connectivity index (χ0n) is 11.6. The van der Waals surface area contributed by atoms with Crippen molar-refractivity contribution in [3.63, 3.8) is 0 Å². The van der Waals surface area contributed by atoms with Gasteiger partial charge in [-0.3, -0.25) is 4.90 Å². The molecule has 1 saturated heterocycles. The lowest BCUT2D eigenvalue weighted by Crippen LogP contribution is -2.41. The summed E-state index contributed by atoms with van der Waals surface area (Å²) in [4.78, 5) is 2.30. The number of aryl methyl sites for hydroxylation is 1. The fourth-order valence-corrected chi connectivity index (χ4v) is 2.73. The number of rotatable bonds is 5. The summed E-state index contributed by atoms with van der Waals surface area (Å²) >= 11 is 0. The summed E-state index contributed by atoms with van der Waals surface area (Å²) in [5.41, 5.74) is 5.93. The van der Waals surface area contributed by atoms with E-state index in [4.69, 9.17) is 14.9 Å². The summed E-state index contributed by atoms with van der Waals surface area (Å²) in [5.74, 6) is 1.99. The van der Waals surface area contributed by atoms with Crippen LogP contribution in [0, 0.1) is 0 Å². The SMILES string of the molecule is CCc1ccc(C(CN)N(C)C2CCOC2C)o1. The number of nitrogens with zero attached hydrogens (tertiary/aromatic N) is 1. The highest BCUT2D eigenvalue weighted by atomic mass is 16.5. The van der Waals surface area contributed by atoms with Crippen molar-refractivity contribution in [3.8, 4) is 0 Å². The summed E-state index contributed by atoms with van der Waals surface area (Å²) in [6.07, 6.45) is 2.25. The first-order valence-corrected chi connectivity index (χ1v) is 6.79. The lowest BCUT2D eigenvalue weighted by Gasteiger charge is -2.32. The molecule has 0 aliphatic carbocycles. The van der Waals surface area contributed by atoms with Gasteiger partial charge in [-0.25, -0.2) is 0 Å². The Balaban J connectivity index is 2.12. The number of furan rings is 1. The Morgan fingerprint density at radius 2 is 2.28 bits per heavy atom. The van der Waals surface area contributed by atoms with E-state index in [0.29, 0.717) is 12.6 Å². The van der Waals surface area contributed by atoms with Crippen LogP contribution in [-0.4, -0.2) is 37.2 Å². The monoisotopic (exact) mass is 252 g/mol. The third-order valence-corrected chi connectivity index (χ3v) is 3.93. The van der Waals surface area contributed by atoms with E-state index in [1.807, 2.05) is 12.1 Å². The molecule has 2 rings (SSSR count). The molecule has 3 unspecified atom stereocenters. The molecule has 4 heteroatoms. The molecule has 4 nitrogen and oxygen atoms in total. The molecule has 0 spiro atoms. The molecule has 102 valence electrons. The van der Waals surface area contributed by atoms with Gasteiger partial charge in [0.05, 0.1) is 12.1 Å². The van der Waals surface area contributed by atoms with Crippen LogP contribution < -0.4 is 5.73 Å². The minimum absolute atomic E-state index is 0.138. The Morgan fingerprint density at radius 1 is 1.50 bits per heavy atom. The Morgan fingerprint density at radius 3 is 2.78 bits per heavy atom. The maximum atomic E-state index is 5.93. The molecule has 1 aliphatic heterocycles. The summed E-state index contributed by atoms with van der Waals surface area (Å²) in [7, 11) is 2.11. The molecule has 0 amide bonds. The number of hydrogen-bond donors (Lipinski definition) is 1. The molecule has 1 fully saturated rings. The van der Waals surface area contributed by atoms with Crippen LogP contribution in [0.5, 0.6) is 0 Å². The van der Waals surface area contributed by atoms with Crippen LogP contribution in [0.15, 0.2) is 16.5 Å². The van der Waals surface area contributed by atoms with E-state index in [2.05, 4.69) is 25.8 Å². The largest absolute Gasteiger partial charge is 0.464 e. The number of hydrogen-bond acceptors (Lipinski definition) is 4. The fraction of sp³-hybridized carbons (Fsp3) is 0.714. The first kappa shape index (κ1) is 13.6. The van der Waals surface area contributed by atoms with Crippen molar-refractivity contribution in [1.29, 1.82) is 0 Å². The zero-order valence-corrected chi connectivity index (χ0v) is 11.6. The predicted molar refractivity (Wildman–Crippen MR) is 71.5 cm³/mol. The van der Waals surface area contributed by atoms with Gasteiger partial charge in [0.2, 0.25) is 0 Å². The smallest absolute Gasteiger partial charge is 0.122 e. The summed E-state index contributed by atoms with van der Waals surface area (Å²) in [5, 5.41) is 0. The molecule has 0 bridgehead atoms. The fourth-order valence-electron chi connectivity index (χ4n) is 2.73. The molecule has 18 heavy (non-hydrogen) atoms. The minimum atomic E-state index is 0.138. The van der Waals surface area contributed by atoms with Crippen molar-refractivity contribution in [2.24, 2.45) is 5.73 Å². The molecule has 0 saturated carbocycles. The van der Waals surface area contributed by atoms with Crippen molar-refractivity contribution in [1.82, 2.24) is 4.90 Å². The Bertz CT molecular complexity index is 378. The molecular weight excluding hydrogens is 228 g/mol. The molecule has 3 atom stereocenters. The average Bonchev–Trinajstić information content (AvgIpc) is 2.98. The maximum absolute atomic E-state index is 5.93. The van der Waals surface area contributed by atoms with Crippen molar-refractivity contribution in [2.45, 2.75) is 44.9 Å². The van der Waals surface area contributed by atoms with E-state index >= 15 is 0 Å². The highest BCUT2D eigenvalue weighted by Crippen LogP contribution is 2.28. The van der Waals surface area contributed by atoms with Gasteiger partial charge in [-0.05, 0) is 32.5 Å². The van der Waals surface area contributed by atoms with Gasteiger partial charge in [-0.15, -0.1) is 0 Å². The van der Waals surface area contributed by atoms with Gasteiger partial charge in [-0.2, -0.15) is 0 Å². The van der Waals surface area contributed by atoms with Gasteiger partial charge in [0.1, 0.15) is 11.5 Å². The Labute approximate surface area is 109 Å². The maximum Gasteiger partial charge on any atom is 0.122 e. The summed E-state index contributed by atoms with van der Waals surface area (Å²) < 4.78 is 11.5. The molecule has 1 aliphatic rings. The third-order valence-electron chi connectivity index (χ3n) is 3.93. The van der Waals surface area contributed by atoms with Crippen LogP contribution >= 0.6 is 0 Å². The number of ether oxygens (including phenoxy) is 1. The van der Waals surface area contributed by atoms with Crippen LogP contribution in [0.1, 0.15) is 37.8 Å². The van der Waals surface area contributed by atoms with Crippen LogP contribution in [-0.2, 0) is 11.2 Å². The van der Waals surface area contributed by atoms with Gasteiger partial charge >= 0.3 is 0 Å². The topological polar surface area (TPSA) is 51.6 Å². The second-order valence-electron chi connectivity index (χ2n) is 5.01. The Hall–Kier alpha value is -0.840. The molecule has 2 heterocycles. The summed E-state index contributed by atoms with van der Waals surface area (Å²) in [6, 6.07) is 4.65. The van der Waals surface area contributed by atoms with E-state index in [-0.39, 0.29) is 12.1 Å². The van der Waals surface area contributed by atoms with Crippen LogP contribution in [0.3, 0.4) is 0 Å². The van der Waals surface area contributed by atoms with Crippen molar-refractivity contribution in [2.75, 3.05) is 20.2 Å². The van der Waals surface area contributed by atoms with Gasteiger partial charge < -0.3 is 14.9 Å². The summed E-state index contributed by atoms with van der Waals surface area (Å²) in [6.45, 7) is 5.63. The van der Waals surface area contributed by atoms with Crippen LogP contribution in [0.2, 0.25) is 0 Å². The third kappa shape index (κ3) is 2.60. The molecular formula is C14H24N2O2. The van der Waals surface area contributed by atoms with Crippen molar-refractivity contribution in [3.05, 3.63) is 23.7 Å². The number of nitrogens with two attached hydrogens (primary N) is 1. The van der Waals surface area contributed by atoms with Crippen LogP contribution in [0.25, 0.3) is 0 Å². The van der Waals surface area contributed by atoms with E-state index in [1.54, 1.807) is 0 Å². The minimum Gasteiger partial charge on any atom is -0.464 e. The van der Waals surface area contributed by atoms with Crippen molar-refractivity contribution >= 4 is 0 Å². The highest BCUT2D eigenvalue weighted by molar-refractivity contribution is 5.12. The average molecular weight is 252 g/mol. The van der Waals surface area contributed by atoms with Gasteiger partial charge in [-0.1, -0.05) is 6.92 Å². The number of likely N-dealkylation sites (N-methyl/N-ethyl adjacent to an activating group) is 1. The van der Waals surface area contributed by atoms with Gasteiger partial charge in [0.25, 0.3) is 0 Å². The molecule has 1 aromatic heterocycles. The lowest BCUT2D eigenvalue weighted by atomic mass is 10.1. The first-order valence-electron chi connectivity index (χ1n) is 6.79. The zero-order chi connectivity index (χ0) is 13.1. The normalized spacial score (nSPS) is 25.8. The Kier molecular flexibility index (Phi) is 4.43. The van der Waals surface area contributed by atoms with Crippen LogP contribution in [0.4, 0.5) is 0 Å². The van der Waals surface area contributed by atoms with E-state index in [9.17, 15) is 0 Å². The molecule has 1 aromatic rings.